The highest BCUT2D eigenvalue weighted by atomic mass is 35.5. The Morgan fingerprint density at radius 2 is 1.64 bits per heavy atom. The minimum Gasteiger partial charge on any atom is -0.495 e. The third-order valence-electron chi connectivity index (χ3n) is 4.50. The Bertz CT molecular complexity index is 1000. The Labute approximate surface area is 169 Å². The topological polar surface area (TPSA) is 55.4 Å². The quantitative estimate of drug-likeness (QED) is 0.576. The first-order chi connectivity index (χ1) is 13.5. The number of benzene rings is 3. The van der Waals surface area contributed by atoms with Crippen molar-refractivity contribution in [3.05, 3.63) is 94.5 Å². The van der Waals surface area contributed by atoms with E-state index in [-0.39, 0.29) is 11.7 Å². The average molecular weight is 394 g/mol. The second kappa shape index (κ2) is 8.72. The van der Waals surface area contributed by atoms with Crippen molar-refractivity contribution in [2.24, 2.45) is 0 Å². The zero-order chi connectivity index (χ0) is 20.1. The molecule has 3 aromatic carbocycles. The number of rotatable bonds is 6. The van der Waals surface area contributed by atoms with Crippen LogP contribution in [-0.4, -0.2) is 18.8 Å². The second-order valence-corrected chi connectivity index (χ2v) is 6.79. The lowest BCUT2D eigenvalue weighted by Gasteiger charge is -2.14. The van der Waals surface area contributed by atoms with Gasteiger partial charge in [-0.15, -0.1) is 0 Å². The average Bonchev–Trinajstić information content (AvgIpc) is 2.73. The van der Waals surface area contributed by atoms with Gasteiger partial charge in [0.05, 0.1) is 18.1 Å². The SMILES string of the molecule is COc1ccc(NC(=O)[C@H](C)c2cccc(C(=O)c3ccccc3)c2)cc1Cl. The van der Waals surface area contributed by atoms with Crippen LogP contribution in [0.3, 0.4) is 0 Å². The third kappa shape index (κ3) is 4.41. The van der Waals surface area contributed by atoms with Gasteiger partial charge in [-0.1, -0.05) is 60.1 Å². The van der Waals surface area contributed by atoms with Gasteiger partial charge in [0.1, 0.15) is 5.75 Å². The largest absolute Gasteiger partial charge is 0.495 e. The number of ketones is 1. The van der Waals surface area contributed by atoms with E-state index in [2.05, 4.69) is 5.32 Å². The fourth-order valence-corrected chi connectivity index (χ4v) is 3.11. The summed E-state index contributed by atoms with van der Waals surface area (Å²) in [5, 5.41) is 3.27. The van der Waals surface area contributed by atoms with Gasteiger partial charge in [0, 0.05) is 16.8 Å². The standard InChI is InChI=1S/C23H20ClNO3/c1-15(23(27)25-19-11-12-21(28-2)20(24)14-19)17-9-6-10-18(13-17)22(26)16-7-4-3-5-8-16/h3-15H,1-2H3,(H,25,27)/t15-/m1/s1. The van der Waals surface area contributed by atoms with Crippen molar-refractivity contribution in [1.82, 2.24) is 0 Å². The maximum Gasteiger partial charge on any atom is 0.231 e. The number of nitrogens with one attached hydrogen (secondary N) is 1. The van der Waals surface area contributed by atoms with E-state index in [0.29, 0.717) is 27.6 Å². The molecule has 0 radical (unpaired) electrons. The minimum atomic E-state index is -0.440. The number of carbonyl (C=O) groups excluding carboxylic acids is 2. The van der Waals surface area contributed by atoms with E-state index >= 15 is 0 Å². The van der Waals surface area contributed by atoms with Crippen molar-refractivity contribution in [2.75, 3.05) is 12.4 Å². The maximum atomic E-state index is 12.7. The molecular formula is C23H20ClNO3. The molecule has 28 heavy (non-hydrogen) atoms. The van der Waals surface area contributed by atoms with E-state index in [1.807, 2.05) is 24.3 Å². The molecule has 0 aromatic heterocycles. The molecule has 0 heterocycles. The summed E-state index contributed by atoms with van der Waals surface area (Å²) >= 11 is 6.11. The van der Waals surface area contributed by atoms with E-state index in [9.17, 15) is 9.59 Å². The summed E-state index contributed by atoms with van der Waals surface area (Å²) in [6.45, 7) is 1.80. The van der Waals surface area contributed by atoms with Crippen LogP contribution < -0.4 is 10.1 Å². The summed E-state index contributed by atoms with van der Waals surface area (Å²) in [6, 6.07) is 21.3. The van der Waals surface area contributed by atoms with Crippen molar-refractivity contribution < 1.29 is 14.3 Å². The zero-order valence-corrected chi connectivity index (χ0v) is 16.4. The highest BCUT2D eigenvalue weighted by molar-refractivity contribution is 6.32. The Balaban J connectivity index is 1.77. The van der Waals surface area contributed by atoms with Crippen molar-refractivity contribution in [2.45, 2.75) is 12.8 Å². The number of hydrogen-bond acceptors (Lipinski definition) is 3. The molecule has 5 heteroatoms. The Hall–Kier alpha value is -3.11. The minimum absolute atomic E-state index is 0.0722. The van der Waals surface area contributed by atoms with Crippen LogP contribution in [0.25, 0.3) is 0 Å². The number of hydrogen-bond donors (Lipinski definition) is 1. The van der Waals surface area contributed by atoms with Gasteiger partial charge in [0.25, 0.3) is 0 Å². The Morgan fingerprint density at radius 1 is 0.929 bits per heavy atom. The highest BCUT2D eigenvalue weighted by Crippen LogP contribution is 2.28. The molecule has 3 aromatic rings. The highest BCUT2D eigenvalue weighted by Gasteiger charge is 2.18. The van der Waals surface area contributed by atoms with Gasteiger partial charge in [0.2, 0.25) is 5.91 Å². The normalized spacial score (nSPS) is 11.5. The molecule has 1 N–H and O–H groups in total. The van der Waals surface area contributed by atoms with Crippen LogP contribution in [0.15, 0.2) is 72.8 Å². The number of halogens is 1. The van der Waals surface area contributed by atoms with Gasteiger partial charge in [-0.3, -0.25) is 9.59 Å². The summed E-state index contributed by atoms with van der Waals surface area (Å²) in [6.07, 6.45) is 0. The van der Waals surface area contributed by atoms with Crippen LogP contribution >= 0.6 is 11.6 Å². The molecule has 4 nitrogen and oxygen atoms in total. The van der Waals surface area contributed by atoms with Crippen molar-refractivity contribution in [3.63, 3.8) is 0 Å². The maximum absolute atomic E-state index is 12.7. The van der Waals surface area contributed by atoms with Crippen LogP contribution in [0.1, 0.15) is 34.3 Å². The van der Waals surface area contributed by atoms with Crippen LogP contribution in [0.4, 0.5) is 5.69 Å². The Morgan fingerprint density at radius 3 is 2.32 bits per heavy atom. The molecule has 3 rings (SSSR count). The molecule has 1 amide bonds. The predicted molar refractivity (Wildman–Crippen MR) is 111 cm³/mol. The van der Waals surface area contributed by atoms with Crippen LogP contribution in [0.5, 0.6) is 5.75 Å². The van der Waals surface area contributed by atoms with E-state index in [4.69, 9.17) is 16.3 Å². The van der Waals surface area contributed by atoms with Gasteiger partial charge in [-0.2, -0.15) is 0 Å². The van der Waals surface area contributed by atoms with E-state index < -0.39 is 5.92 Å². The molecule has 0 bridgehead atoms. The molecule has 0 aliphatic carbocycles. The van der Waals surface area contributed by atoms with E-state index in [1.165, 1.54) is 7.11 Å². The number of methoxy groups -OCH3 is 1. The van der Waals surface area contributed by atoms with Crippen LogP contribution in [0.2, 0.25) is 5.02 Å². The summed E-state index contributed by atoms with van der Waals surface area (Å²) < 4.78 is 5.12. The van der Waals surface area contributed by atoms with Crippen molar-refractivity contribution in [3.8, 4) is 5.75 Å². The molecule has 0 aliphatic heterocycles. The van der Waals surface area contributed by atoms with Gasteiger partial charge in [-0.05, 0) is 36.8 Å². The molecule has 0 saturated carbocycles. The summed E-state index contributed by atoms with van der Waals surface area (Å²) in [5.74, 6) is -0.160. The first-order valence-electron chi connectivity index (χ1n) is 8.83. The van der Waals surface area contributed by atoms with Gasteiger partial charge >= 0.3 is 0 Å². The van der Waals surface area contributed by atoms with Crippen LogP contribution in [-0.2, 0) is 4.79 Å². The molecule has 0 spiro atoms. The van der Waals surface area contributed by atoms with Gasteiger partial charge in [0.15, 0.2) is 5.78 Å². The molecule has 0 fully saturated rings. The first kappa shape index (κ1) is 19.6. The molecule has 0 saturated heterocycles. The van der Waals surface area contributed by atoms with Gasteiger partial charge in [-0.25, -0.2) is 0 Å². The molecular weight excluding hydrogens is 374 g/mol. The molecule has 142 valence electrons. The number of carbonyl (C=O) groups is 2. The third-order valence-corrected chi connectivity index (χ3v) is 4.79. The number of ether oxygens (including phenoxy) is 1. The summed E-state index contributed by atoms with van der Waals surface area (Å²) in [5.41, 5.74) is 2.51. The van der Waals surface area contributed by atoms with Crippen molar-refractivity contribution in [1.29, 1.82) is 0 Å². The number of anilines is 1. The zero-order valence-electron chi connectivity index (χ0n) is 15.6. The van der Waals surface area contributed by atoms with E-state index in [0.717, 1.165) is 5.56 Å². The first-order valence-corrected chi connectivity index (χ1v) is 9.21. The van der Waals surface area contributed by atoms with E-state index in [1.54, 1.807) is 55.5 Å². The fraction of sp³-hybridized carbons (Fsp3) is 0.130. The molecule has 1 atom stereocenters. The number of amides is 1. The smallest absolute Gasteiger partial charge is 0.231 e. The summed E-state index contributed by atoms with van der Waals surface area (Å²) in [7, 11) is 1.53. The second-order valence-electron chi connectivity index (χ2n) is 6.38. The fourth-order valence-electron chi connectivity index (χ4n) is 2.85. The lowest BCUT2D eigenvalue weighted by Crippen LogP contribution is -2.19. The van der Waals surface area contributed by atoms with Gasteiger partial charge < -0.3 is 10.1 Å². The molecule has 0 aliphatic rings. The predicted octanol–water partition coefficient (Wildman–Crippen LogP) is 5.32. The van der Waals surface area contributed by atoms with Crippen molar-refractivity contribution >= 4 is 29.0 Å². The summed E-state index contributed by atoms with van der Waals surface area (Å²) in [4.78, 5) is 25.3. The molecule has 0 unspecified atom stereocenters. The lowest BCUT2D eigenvalue weighted by molar-refractivity contribution is -0.117. The Kier molecular flexibility index (Phi) is 6.12. The monoisotopic (exact) mass is 393 g/mol. The lowest BCUT2D eigenvalue weighted by atomic mass is 9.95. The van der Waals surface area contributed by atoms with Crippen LogP contribution in [0, 0.1) is 0 Å².